The maximum absolute atomic E-state index is 11.6. The summed E-state index contributed by atoms with van der Waals surface area (Å²) in [6.45, 7) is 1.28. The van der Waals surface area contributed by atoms with Crippen LogP contribution in [0.1, 0.15) is 6.42 Å². The summed E-state index contributed by atoms with van der Waals surface area (Å²) in [7, 11) is 0. The molecule has 90 valence electrons. The highest BCUT2D eigenvalue weighted by molar-refractivity contribution is 9.10. The third-order valence-electron chi connectivity index (χ3n) is 2.51. The number of nitrogens with zero attached hydrogens (tertiary/aromatic N) is 2. The number of carbonyl (C=O) groups excluding carboxylic acids is 1. The summed E-state index contributed by atoms with van der Waals surface area (Å²) in [6.07, 6.45) is 0.856. The second-order valence-corrected chi connectivity index (χ2v) is 4.48. The lowest BCUT2D eigenvalue weighted by Crippen LogP contribution is -2.46. The van der Waals surface area contributed by atoms with Crippen LogP contribution < -0.4 is 10.2 Å². The molecule has 1 fully saturated rings. The van der Waals surface area contributed by atoms with E-state index in [1.165, 1.54) is 12.1 Å². The van der Waals surface area contributed by atoms with Crippen molar-refractivity contribution in [3.63, 3.8) is 0 Å². The monoisotopic (exact) mass is 299 g/mol. The molecule has 0 saturated carbocycles. The standard InChI is InChI=1S/C10H10BrN3O3/c11-8-6-7(14(16)17)2-3-9(8)13-5-1-4-12-10(13)15/h2-3,6H,1,4-5H2,(H,12,15). The Morgan fingerprint density at radius 1 is 1.47 bits per heavy atom. The third kappa shape index (κ3) is 2.38. The Balaban J connectivity index is 2.32. The van der Waals surface area contributed by atoms with Gasteiger partial charge in [-0.25, -0.2) is 4.79 Å². The summed E-state index contributed by atoms with van der Waals surface area (Å²) in [4.78, 5) is 23.3. The van der Waals surface area contributed by atoms with E-state index in [1.807, 2.05) is 0 Å². The van der Waals surface area contributed by atoms with Crippen molar-refractivity contribution in [2.24, 2.45) is 0 Å². The van der Waals surface area contributed by atoms with Crippen molar-refractivity contribution in [3.05, 3.63) is 32.8 Å². The molecule has 1 aromatic carbocycles. The number of nitro benzene ring substituents is 1. The minimum absolute atomic E-state index is 0.00181. The zero-order valence-corrected chi connectivity index (χ0v) is 10.4. The van der Waals surface area contributed by atoms with Crippen molar-refractivity contribution in [1.82, 2.24) is 5.32 Å². The lowest BCUT2D eigenvalue weighted by molar-refractivity contribution is -0.384. The molecule has 0 unspecified atom stereocenters. The molecule has 1 aromatic rings. The van der Waals surface area contributed by atoms with Crippen LogP contribution in [0.3, 0.4) is 0 Å². The maximum atomic E-state index is 11.6. The number of amides is 2. The molecule has 0 aliphatic carbocycles. The Labute approximate surface area is 106 Å². The van der Waals surface area contributed by atoms with Gasteiger partial charge in [-0.05, 0) is 28.4 Å². The van der Waals surface area contributed by atoms with E-state index in [0.29, 0.717) is 23.2 Å². The van der Waals surface area contributed by atoms with Gasteiger partial charge in [0.1, 0.15) is 0 Å². The van der Waals surface area contributed by atoms with Crippen molar-refractivity contribution in [2.45, 2.75) is 6.42 Å². The summed E-state index contributed by atoms with van der Waals surface area (Å²) in [5.41, 5.74) is 0.644. The van der Waals surface area contributed by atoms with Crippen molar-refractivity contribution >= 4 is 33.3 Å². The van der Waals surface area contributed by atoms with Gasteiger partial charge in [0.2, 0.25) is 0 Å². The Kier molecular flexibility index (Phi) is 3.28. The normalized spacial score (nSPS) is 15.6. The minimum atomic E-state index is -0.467. The van der Waals surface area contributed by atoms with E-state index in [0.717, 1.165) is 6.42 Å². The highest BCUT2D eigenvalue weighted by Crippen LogP contribution is 2.30. The second kappa shape index (κ2) is 4.70. The van der Waals surface area contributed by atoms with Crippen molar-refractivity contribution < 1.29 is 9.72 Å². The van der Waals surface area contributed by atoms with E-state index in [9.17, 15) is 14.9 Å². The van der Waals surface area contributed by atoms with Gasteiger partial charge in [-0.3, -0.25) is 15.0 Å². The number of benzene rings is 1. The lowest BCUT2D eigenvalue weighted by atomic mass is 10.2. The average molecular weight is 300 g/mol. The van der Waals surface area contributed by atoms with Gasteiger partial charge >= 0.3 is 6.03 Å². The second-order valence-electron chi connectivity index (χ2n) is 3.63. The fourth-order valence-electron chi connectivity index (χ4n) is 1.69. The van der Waals surface area contributed by atoms with Gasteiger partial charge in [0.25, 0.3) is 5.69 Å². The molecule has 0 atom stereocenters. The highest BCUT2D eigenvalue weighted by Gasteiger charge is 2.22. The molecule has 2 rings (SSSR count). The van der Waals surface area contributed by atoms with Gasteiger partial charge in [-0.1, -0.05) is 0 Å². The number of rotatable bonds is 2. The van der Waals surface area contributed by atoms with Gasteiger partial charge in [-0.2, -0.15) is 0 Å². The number of nitrogens with one attached hydrogen (secondary N) is 1. The van der Waals surface area contributed by atoms with Crippen LogP contribution in [0.2, 0.25) is 0 Å². The molecule has 1 heterocycles. The molecule has 7 heteroatoms. The molecule has 0 radical (unpaired) electrons. The number of hydrogen-bond donors (Lipinski definition) is 1. The summed E-state index contributed by atoms with van der Waals surface area (Å²) in [6, 6.07) is 4.19. The Hall–Kier alpha value is -1.63. The zero-order chi connectivity index (χ0) is 12.4. The first kappa shape index (κ1) is 11.8. The van der Waals surface area contributed by atoms with Crippen LogP contribution in [0, 0.1) is 10.1 Å². The van der Waals surface area contributed by atoms with Gasteiger partial charge in [-0.15, -0.1) is 0 Å². The van der Waals surface area contributed by atoms with E-state index in [2.05, 4.69) is 21.2 Å². The average Bonchev–Trinajstić information content (AvgIpc) is 2.30. The summed E-state index contributed by atoms with van der Waals surface area (Å²) < 4.78 is 0.545. The largest absolute Gasteiger partial charge is 0.338 e. The number of non-ortho nitro benzene ring substituents is 1. The quantitative estimate of drug-likeness (QED) is 0.672. The molecule has 1 aliphatic rings. The SMILES string of the molecule is O=C1NCCCN1c1ccc([N+](=O)[O-])cc1Br. The molecule has 1 aliphatic heterocycles. The minimum Gasteiger partial charge on any atom is -0.338 e. The number of hydrogen-bond acceptors (Lipinski definition) is 3. The number of carbonyl (C=O) groups is 1. The molecule has 0 aromatic heterocycles. The van der Waals surface area contributed by atoms with Crippen LogP contribution in [-0.2, 0) is 0 Å². The third-order valence-corrected chi connectivity index (χ3v) is 3.15. The van der Waals surface area contributed by atoms with Gasteiger partial charge in [0.05, 0.1) is 10.6 Å². The Morgan fingerprint density at radius 2 is 2.24 bits per heavy atom. The lowest BCUT2D eigenvalue weighted by Gasteiger charge is -2.28. The van der Waals surface area contributed by atoms with Crippen LogP contribution in [0.4, 0.5) is 16.2 Å². The van der Waals surface area contributed by atoms with Gasteiger partial charge < -0.3 is 5.32 Å². The molecular formula is C10H10BrN3O3. The number of nitro groups is 1. The van der Waals surface area contributed by atoms with E-state index in [-0.39, 0.29) is 11.7 Å². The molecule has 6 nitrogen and oxygen atoms in total. The molecular weight excluding hydrogens is 290 g/mol. The Morgan fingerprint density at radius 3 is 2.82 bits per heavy atom. The van der Waals surface area contributed by atoms with Crippen LogP contribution in [-0.4, -0.2) is 24.0 Å². The predicted molar refractivity (Wildman–Crippen MR) is 66.2 cm³/mol. The first-order valence-electron chi connectivity index (χ1n) is 5.09. The van der Waals surface area contributed by atoms with Crippen LogP contribution >= 0.6 is 15.9 Å². The van der Waals surface area contributed by atoms with Gasteiger partial charge in [0, 0.05) is 29.7 Å². The molecule has 0 spiro atoms. The van der Waals surface area contributed by atoms with Crippen LogP contribution in [0.25, 0.3) is 0 Å². The van der Waals surface area contributed by atoms with E-state index in [1.54, 1.807) is 11.0 Å². The Bertz CT molecular complexity index is 478. The molecule has 2 amide bonds. The summed E-state index contributed by atoms with van der Waals surface area (Å²) >= 11 is 3.25. The topological polar surface area (TPSA) is 75.5 Å². The van der Waals surface area contributed by atoms with Crippen LogP contribution in [0.15, 0.2) is 22.7 Å². The van der Waals surface area contributed by atoms with Crippen LogP contribution in [0.5, 0.6) is 0 Å². The molecule has 17 heavy (non-hydrogen) atoms. The fourth-order valence-corrected chi connectivity index (χ4v) is 2.27. The summed E-state index contributed by atoms with van der Waals surface area (Å²) in [5.74, 6) is 0. The highest BCUT2D eigenvalue weighted by atomic mass is 79.9. The van der Waals surface area contributed by atoms with Gasteiger partial charge in [0.15, 0.2) is 0 Å². The molecule has 0 bridgehead atoms. The maximum Gasteiger partial charge on any atom is 0.321 e. The number of halogens is 1. The molecule has 1 saturated heterocycles. The summed E-state index contributed by atoms with van der Waals surface area (Å²) in [5, 5.41) is 13.3. The first-order valence-corrected chi connectivity index (χ1v) is 5.88. The van der Waals surface area contributed by atoms with Crippen molar-refractivity contribution in [1.29, 1.82) is 0 Å². The number of anilines is 1. The fraction of sp³-hybridized carbons (Fsp3) is 0.300. The first-order chi connectivity index (χ1) is 8.09. The van der Waals surface area contributed by atoms with Crippen molar-refractivity contribution in [2.75, 3.05) is 18.0 Å². The smallest absolute Gasteiger partial charge is 0.321 e. The molecule has 1 N–H and O–H groups in total. The zero-order valence-electron chi connectivity index (χ0n) is 8.85. The van der Waals surface area contributed by atoms with E-state index < -0.39 is 4.92 Å². The van der Waals surface area contributed by atoms with E-state index in [4.69, 9.17) is 0 Å². The van der Waals surface area contributed by atoms with Crippen molar-refractivity contribution in [3.8, 4) is 0 Å². The number of urea groups is 1. The predicted octanol–water partition coefficient (Wildman–Crippen LogP) is 2.28. The van der Waals surface area contributed by atoms with E-state index >= 15 is 0 Å².